The first-order valence-corrected chi connectivity index (χ1v) is 2.73. The Morgan fingerprint density at radius 3 is 2.14 bits per heavy atom. The van der Waals surface area contributed by atoms with E-state index in [4.69, 9.17) is 0 Å². The third kappa shape index (κ3) is 3.76. The lowest BCUT2D eigenvalue weighted by Gasteiger charge is -2.04. The van der Waals surface area contributed by atoms with E-state index in [2.05, 4.69) is 0 Å². The summed E-state index contributed by atoms with van der Waals surface area (Å²) in [5, 5.41) is 11.4. The van der Waals surface area contributed by atoms with E-state index in [9.17, 15) is 5.21 Å². The summed E-state index contributed by atoms with van der Waals surface area (Å²) in [4.78, 5) is 0. The highest BCUT2D eigenvalue weighted by atomic mass is 16.5. The Hall–Kier alpha value is -0.0800. The van der Waals surface area contributed by atoms with Crippen molar-refractivity contribution in [3.05, 3.63) is 0 Å². The molecular weight excluding hydrogens is 90.1 g/mol. The van der Waals surface area contributed by atoms with Crippen molar-refractivity contribution in [3.8, 4) is 0 Å². The predicted octanol–water partition coefficient (Wildman–Crippen LogP) is 1.06. The van der Waals surface area contributed by atoms with Gasteiger partial charge in [-0.2, -0.15) is 5.06 Å². The molecule has 0 unspecified atom stereocenters. The van der Waals surface area contributed by atoms with Gasteiger partial charge in [0.15, 0.2) is 0 Å². The highest BCUT2D eigenvalue weighted by Crippen LogP contribution is 1.82. The lowest BCUT2D eigenvalue weighted by Crippen LogP contribution is -2.16. The molecule has 0 saturated carbocycles. The van der Waals surface area contributed by atoms with E-state index in [-0.39, 0.29) is 0 Å². The number of hydroxylamine groups is 2. The molecule has 0 aliphatic heterocycles. The van der Waals surface area contributed by atoms with Gasteiger partial charge in [0.05, 0.1) is 0 Å². The Balaban J connectivity index is 2.83. The van der Waals surface area contributed by atoms with Crippen LogP contribution in [0.2, 0.25) is 0 Å². The lowest BCUT2D eigenvalue weighted by molar-refractivity contribution is -0.152. The third-order valence-electron chi connectivity index (χ3n) is 0.826. The van der Waals surface area contributed by atoms with E-state index in [0.29, 0.717) is 13.1 Å². The molecule has 0 aromatic rings. The zero-order valence-electron chi connectivity index (χ0n) is 4.98. The minimum absolute atomic E-state index is 0.619. The minimum Gasteiger partial charge on any atom is -0.155 e. The molecule has 0 heterocycles. The van der Waals surface area contributed by atoms with Crippen molar-refractivity contribution in [2.75, 3.05) is 13.1 Å². The minimum atomic E-state index is 0.619. The van der Waals surface area contributed by atoms with Crippen molar-refractivity contribution in [1.82, 2.24) is 5.06 Å². The van der Waals surface area contributed by atoms with E-state index in [0.717, 1.165) is 11.5 Å². The van der Waals surface area contributed by atoms with E-state index in [1.54, 1.807) is 0 Å². The number of hydrogen-bond acceptors (Lipinski definition) is 1. The van der Waals surface area contributed by atoms with Gasteiger partial charge in [0.1, 0.15) is 0 Å². The van der Waals surface area contributed by atoms with E-state index in [1.807, 2.05) is 13.8 Å². The molecule has 0 N–H and O–H groups in total. The quantitative estimate of drug-likeness (QED) is 0.489. The fraction of sp³-hybridized carbons (Fsp3) is 1.00. The summed E-state index contributed by atoms with van der Waals surface area (Å²) in [7, 11) is 0. The second kappa shape index (κ2) is 4.09. The SMILES string of the molecule is CCCN([O])CC. The van der Waals surface area contributed by atoms with Crippen LogP contribution in [-0.4, -0.2) is 18.2 Å². The van der Waals surface area contributed by atoms with Crippen molar-refractivity contribution in [3.63, 3.8) is 0 Å². The fourth-order valence-corrected chi connectivity index (χ4v) is 0.408. The van der Waals surface area contributed by atoms with Gasteiger partial charge in [0.2, 0.25) is 0 Å². The summed E-state index contributed by atoms with van der Waals surface area (Å²) in [5.74, 6) is 0. The van der Waals surface area contributed by atoms with Gasteiger partial charge in [-0.25, -0.2) is 0 Å². The summed E-state index contributed by atoms with van der Waals surface area (Å²) in [6, 6.07) is 0. The highest BCUT2D eigenvalue weighted by Gasteiger charge is 1.91. The molecule has 7 heavy (non-hydrogen) atoms. The van der Waals surface area contributed by atoms with Crippen LogP contribution in [0.25, 0.3) is 0 Å². The van der Waals surface area contributed by atoms with Crippen molar-refractivity contribution >= 4 is 0 Å². The predicted molar refractivity (Wildman–Crippen MR) is 28.2 cm³/mol. The average molecular weight is 102 g/mol. The van der Waals surface area contributed by atoms with Gasteiger partial charge in [-0.3, -0.25) is 0 Å². The van der Waals surface area contributed by atoms with Gasteiger partial charge in [0, 0.05) is 13.1 Å². The number of rotatable bonds is 3. The first-order chi connectivity index (χ1) is 3.31. The molecule has 2 nitrogen and oxygen atoms in total. The van der Waals surface area contributed by atoms with Crippen molar-refractivity contribution in [2.45, 2.75) is 20.3 Å². The van der Waals surface area contributed by atoms with E-state index < -0.39 is 0 Å². The summed E-state index contributed by atoms with van der Waals surface area (Å²) < 4.78 is 0. The number of nitrogens with zero attached hydrogens (tertiary/aromatic N) is 1. The Morgan fingerprint density at radius 2 is 2.00 bits per heavy atom. The molecule has 0 fully saturated rings. The maximum absolute atomic E-state index is 10.3. The summed E-state index contributed by atoms with van der Waals surface area (Å²) >= 11 is 0. The maximum Gasteiger partial charge on any atom is 0.0268 e. The molecule has 43 valence electrons. The standard InChI is InChI=1S/C5H12NO/c1-3-5-6(7)4-2/h3-5H2,1-2H3. The van der Waals surface area contributed by atoms with Crippen LogP contribution >= 0.6 is 0 Å². The molecule has 0 spiro atoms. The topological polar surface area (TPSA) is 23.1 Å². The van der Waals surface area contributed by atoms with Crippen LogP contribution in [0.4, 0.5) is 0 Å². The molecule has 0 aromatic heterocycles. The summed E-state index contributed by atoms with van der Waals surface area (Å²) in [6.07, 6.45) is 0.956. The van der Waals surface area contributed by atoms with Crippen molar-refractivity contribution in [1.29, 1.82) is 0 Å². The van der Waals surface area contributed by atoms with Crippen LogP contribution in [0.1, 0.15) is 20.3 Å². The van der Waals surface area contributed by atoms with Crippen molar-refractivity contribution < 1.29 is 5.21 Å². The largest absolute Gasteiger partial charge is 0.155 e. The van der Waals surface area contributed by atoms with Crippen LogP contribution in [0, 0.1) is 0 Å². The second-order valence-electron chi connectivity index (χ2n) is 1.52. The molecule has 0 bridgehead atoms. The lowest BCUT2D eigenvalue weighted by atomic mass is 10.5. The van der Waals surface area contributed by atoms with Crippen molar-refractivity contribution in [2.24, 2.45) is 0 Å². The van der Waals surface area contributed by atoms with Gasteiger partial charge in [-0.15, -0.1) is 5.21 Å². The molecule has 0 saturated heterocycles. The molecule has 0 rings (SSSR count). The third-order valence-corrected chi connectivity index (χ3v) is 0.826. The zero-order valence-corrected chi connectivity index (χ0v) is 4.98. The molecule has 0 aliphatic carbocycles. The van der Waals surface area contributed by atoms with E-state index >= 15 is 0 Å². The maximum atomic E-state index is 10.3. The Morgan fingerprint density at radius 1 is 1.43 bits per heavy atom. The Kier molecular flexibility index (Phi) is 4.04. The number of hydrogen-bond donors (Lipinski definition) is 0. The van der Waals surface area contributed by atoms with Gasteiger partial charge in [0.25, 0.3) is 0 Å². The van der Waals surface area contributed by atoms with Crippen LogP contribution in [0.15, 0.2) is 0 Å². The van der Waals surface area contributed by atoms with Crippen LogP contribution in [0.3, 0.4) is 0 Å². The highest BCUT2D eigenvalue weighted by molar-refractivity contribution is 4.34. The molecule has 0 amide bonds. The second-order valence-corrected chi connectivity index (χ2v) is 1.52. The molecule has 1 radical (unpaired) electrons. The van der Waals surface area contributed by atoms with Gasteiger partial charge < -0.3 is 0 Å². The van der Waals surface area contributed by atoms with Crippen LogP contribution in [-0.2, 0) is 5.21 Å². The van der Waals surface area contributed by atoms with Gasteiger partial charge >= 0.3 is 0 Å². The molecule has 0 atom stereocenters. The molecule has 2 heteroatoms. The van der Waals surface area contributed by atoms with Crippen LogP contribution < -0.4 is 0 Å². The smallest absolute Gasteiger partial charge is 0.0268 e. The normalized spacial score (nSPS) is 10.3. The van der Waals surface area contributed by atoms with Gasteiger partial charge in [-0.05, 0) is 13.3 Å². The Labute approximate surface area is 44.7 Å². The summed E-state index contributed by atoms with van der Waals surface area (Å²) in [5.41, 5.74) is 0. The van der Waals surface area contributed by atoms with Gasteiger partial charge in [-0.1, -0.05) is 6.92 Å². The fourth-order valence-electron chi connectivity index (χ4n) is 0.408. The average Bonchev–Trinajstić information content (AvgIpc) is 1.68. The zero-order chi connectivity index (χ0) is 5.70. The molecule has 0 aromatic carbocycles. The molecule has 0 aliphatic rings. The summed E-state index contributed by atoms with van der Waals surface area (Å²) in [6.45, 7) is 5.16. The molecular formula is C5H12NO. The first kappa shape index (κ1) is 6.92. The Bertz CT molecular complexity index is 39.1. The monoisotopic (exact) mass is 102 g/mol. The van der Waals surface area contributed by atoms with E-state index in [1.165, 1.54) is 0 Å². The van der Waals surface area contributed by atoms with Crippen LogP contribution in [0.5, 0.6) is 0 Å². The first-order valence-electron chi connectivity index (χ1n) is 2.73.